The molecule has 0 saturated heterocycles. The molecule has 0 unspecified atom stereocenters. The second-order valence-electron chi connectivity index (χ2n) is 7.14. The van der Waals surface area contributed by atoms with Gasteiger partial charge in [-0.2, -0.15) is 9.61 Å². The van der Waals surface area contributed by atoms with E-state index in [0.717, 1.165) is 11.8 Å². The van der Waals surface area contributed by atoms with Crippen LogP contribution in [0.4, 0.5) is 5.69 Å². The maximum absolute atomic E-state index is 12.4. The van der Waals surface area contributed by atoms with Crippen molar-refractivity contribution in [2.24, 2.45) is 0 Å². The third kappa shape index (κ3) is 4.45. The summed E-state index contributed by atoms with van der Waals surface area (Å²) in [6.45, 7) is 5.62. The number of H-pyrrole nitrogens is 1. The smallest absolute Gasteiger partial charge is 0.339 e. The van der Waals surface area contributed by atoms with Crippen molar-refractivity contribution >= 4 is 35.1 Å². The topological polar surface area (TPSA) is 131 Å². The lowest BCUT2D eigenvalue weighted by molar-refractivity contribution is -0.113. The SMILES string of the molecule is COC(=O)c1ccccc1NC(=O)CSc1nnc2[nH]c(=O)c(C(C)(C)C)nn12. The molecule has 3 rings (SSSR count). The molecular formula is C18H20N6O4S. The van der Waals surface area contributed by atoms with E-state index in [2.05, 4.69) is 25.6 Å². The van der Waals surface area contributed by atoms with Crippen LogP contribution in [-0.4, -0.2) is 49.5 Å². The molecule has 0 saturated carbocycles. The fraction of sp³-hybridized carbons (Fsp3) is 0.333. The molecule has 10 nitrogen and oxygen atoms in total. The Morgan fingerprint density at radius 3 is 2.66 bits per heavy atom. The summed E-state index contributed by atoms with van der Waals surface area (Å²) < 4.78 is 6.12. The molecule has 2 heterocycles. The maximum atomic E-state index is 12.4. The number of nitrogens with zero attached hydrogens (tertiary/aromatic N) is 4. The number of thioether (sulfide) groups is 1. The Morgan fingerprint density at radius 2 is 1.97 bits per heavy atom. The minimum absolute atomic E-state index is 0.00194. The van der Waals surface area contributed by atoms with Gasteiger partial charge < -0.3 is 10.1 Å². The van der Waals surface area contributed by atoms with Crippen LogP contribution in [0.5, 0.6) is 0 Å². The Hall–Kier alpha value is -3.21. The number of carbonyl (C=O) groups excluding carboxylic acids is 2. The lowest BCUT2D eigenvalue weighted by atomic mass is 9.93. The first-order valence-corrected chi connectivity index (χ1v) is 9.65. The zero-order chi connectivity index (χ0) is 21.2. The first-order chi connectivity index (χ1) is 13.7. The summed E-state index contributed by atoms with van der Waals surface area (Å²) in [5.74, 6) is -0.688. The minimum atomic E-state index is -0.542. The van der Waals surface area contributed by atoms with E-state index >= 15 is 0 Å². The van der Waals surface area contributed by atoms with E-state index in [4.69, 9.17) is 4.74 Å². The number of amides is 1. The number of carbonyl (C=O) groups is 2. The van der Waals surface area contributed by atoms with Crippen molar-refractivity contribution in [3.8, 4) is 0 Å². The number of aromatic amines is 1. The third-order valence-electron chi connectivity index (χ3n) is 3.90. The second kappa shape index (κ2) is 8.03. The fourth-order valence-electron chi connectivity index (χ4n) is 2.52. The predicted octanol–water partition coefficient (Wildman–Crippen LogP) is 1.63. The van der Waals surface area contributed by atoms with Crippen molar-refractivity contribution in [2.75, 3.05) is 18.2 Å². The van der Waals surface area contributed by atoms with E-state index in [-0.39, 0.29) is 28.6 Å². The molecule has 1 aromatic carbocycles. The molecule has 0 fully saturated rings. The van der Waals surface area contributed by atoms with E-state index in [1.54, 1.807) is 24.3 Å². The van der Waals surface area contributed by atoms with Crippen LogP contribution in [0.25, 0.3) is 5.78 Å². The molecule has 3 aromatic rings. The van der Waals surface area contributed by atoms with Crippen LogP contribution in [0.15, 0.2) is 34.2 Å². The normalized spacial score (nSPS) is 11.4. The minimum Gasteiger partial charge on any atom is -0.465 e. The summed E-state index contributed by atoms with van der Waals surface area (Å²) in [5.41, 5.74) is 0.154. The first-order valence-electron chi connectivity index (χ1n) is 8.67. The van der Waals surface area contributed by atoms with Crippen LogP contribution in [0.1, 0.15) is 36.8 Å². The highest BCUT2D eigenvalue weighted by Gasteiger charge is 2.22. The van der Waals surface area contributed by atoms with Crippen molar-refractivity contribution in [2.45, 2.75) is 31.3 Å². The molecule has 2 N–H and O–H groups in total. The van der Waals surface area contributed by atoms with Gasteiger partial charge >= 0.3 is 5.97 Å². The van der Waals surface area contributed by atoms with Gasteiger partial charge in [-0.3, -0.25) is 14.6 Å². The summed E-state index contributed by atoms with van der Waals surface area (Å²) in [6, 6.07) is 6.56. The molecule has 0 aliphatic rings. The number of hydrogen-bond donors (Lipinski definition) is 2. The van der Waals surface area contributed by atoms with Gasteiger partial charge in [-0.1, -0.05) is 44.7 Å². The Morgan fingerprint density at radius 1 is 1.24 bits per heavy atom. The lowest BCUT2D eigenvalue weighted by Crippen LogP contribution is -2.28. The van der Waals surface area contributed by atoms with Crippen molar-refractivity contribution < 1.29 is 14.3 Å². The molecule has 0 spiro atoms. The number of fused-ring (bicyclic) bond motifs is 1. The molecule has 1 amide bonds. The van der Waals surface area contributed by atoms with Gasteiger partial charge in [0.1, 0.15) is 5.69 Å². The summed E-state index contributed by atoms with van der Waals surface area (Å²) in [4.78, 5) is 39.0. The zero-order valence-electron chi connectivity index (χ0n) is 16.3. The van der Waals surface area contributed by atoms with Crippen LogP contribution in [0.3, 0.4) is 0 Å². The Bertz CT molecular complexity index is 1130. The number of esters is 1. The van der Waals surface area contributed by atoms with E-state index in [9.17, 15) is 14.4 Å². The van der Waals surface area contributed by atoms with Crippen molar-refractivity contribution in [3.63, 3.8) is 0 Å². The molecule has 0 bridgehead atoms. The Balaban J connectivity index is 1.77. The molecule has 29 heavy (non-hydrogen) atoms. The van der Waals surface area contributed by atoms with Gasteiger partial charge in [-0.05, 0) is 12.1 Å². The van der Waals surface area contributed by atoms with Gasteiger partial charge in [0, 0.05) is 5.41 Å². The number of hydrogen-bond acceptors (Lipinski definition) is 8. The summed E-state index contributed by atoms with van der Waals surface area (Å²) in [7, 11) is 1.27. The number of ether oxygens (including phenoxy) is 1. The highest BCUT2D eigenvalue weighted by atomic mass is 32.2. The standard InChI is InChI=1S/C18H20N6O4S/c1-18(2,3)13-14(26)20-16-21-22-17(24(16)23-13)29-9-12(25)19-11-8-6-5-7-10(11)15(27)28-4/h5-8H,9H2,1-4H3,(H,19,25)(H,20,21,26). The van der Waals surface area contributed by atoms with E-state index in [1.807, 2.05) is 20.8 Å². The average molecular weight is 416 g/mol. The number of methoxy groups -OCH3 is 1. The number of benzene rings is 1. The van der Waals surface area contributed by atoms with Gasteiger partial charge in [-0.15, -0.1) is 10.2 Å². The van der Waals surface area contributed by atoms with Crippen molar-refractivity contribution in [1.82, 2.24) is 24.8 Å². The van der Waals surface area contributed by atoms with Crippen LogP contribution in [-0.2, 0) is 14.9 Å². The molecular weight excluding hydrogens is 396 g/mol. The first kappa shape index (κ1) is 20.5. The number of anilines is 1. The van der Waals surface area contributed by atoms with Crippen LogP contribution in [0.2, 0.25) is 0 Å². The number of para-hydroxylation sites is 1. The van der Waals surface area contributed by atoms with Gasteiger partial charge in [-0.25, -0.2) is 4.79 Å². The van der Waals surface area contributed by atoms with E-state index in [0.29, 0.717) is 16.5 Å². The summed E-state index contributed by atoms with van der Waals surface area (Å²) in [6.07, 6.45) is 0. The second-order valence-corrected chi connectivity index (χ2v) is 8.09. The number of aromatic nitrogens is 5. The van der Waals surface area contributed by atoms with Crippen LogP contribution >= 0.6 is 11.8 Å². The van der Waals surface area contributed by atoms with Gasteiger partial charge in [0.05, 0.1) is 24.1 Å². The molecule has 2 aromatic heterocycles. The van der Waals surface area contributed by atoms with Gasteiger partial charge in [0.25, 0.3) is 11.3 Å². The average Bonchev–Trinajstić information content (AvgIpc) is 3.06. The summed E-state index contributed by atoms with van der Waals surface area (Å²) >= 11 is 1.11. The Labute approximate surface area is 170 Å². The maximum Gasteiger partial charge on any atom is 0.339 e. The molecule has 11 heteroatoms. The van der Waals surface area contributed by atoms with Gasteiger partial charge in [0.15, 0.2) is 0 Å². The van der Waals surface area contributed by atoms with Crippen LogP contribution < -0.4 is 10.9 Å². The monoisotopic (exact) mass is 416 g/mol. The third-order valence-corrected chi connectivity index (χ3v) is 4.82. The lowest BCUT2D eigenvalue weighted by Gasteiger charge is -2.15. The zero-order valence-corrected chi connectivity index (χ0v) is 17.2. The summed E-state index contributed by atoms with van der Waals surface area (Å²) in [5, 5.41) is 15.3. The Kier molecular flexibility index (Phi) is 5.69. The molecule has 0 radical (unpaired) electrons. The van der Waals surface area contributed by atoms with Gasteiger partial charge in [0.2, 0.25) is 11.1 Å². The largest absolute Gasteiger partial charge is 0.465 e. The van der Waals surface area contributed by atoms with Crippen molar-refractivity contribution in [1.29, 1.82) is 0 Å². The van der Waals surface area contributed by atoms with Crippen molar-refractivity contribution in [3.05, 3.63) is 45.9 Å². The quantitative estimate of drug-likeness (QED) is 0.474. The predicted molar refractivity (Wildman–Crippen MR) is 107 cm³/mol. The fourth-order valence-corrected chi connectivity index (χ4v) is 3.20. The molecule has 0 atom stereocenters. The van der Waals surface area contributed by atoms with Crippen LogP contribution in [0, 0.1) is 0 Å². The molecule has 0 aliphatic heterocycles. The number of nitrogens with one attached hydrogen (secondary N) is 2. The molecule has 152 valence electrons. The van der Waals surface area contributed by atoms with E-state index < -0.39 is 11.4 Å². The highest BCUT2D eigenvalue weighted by molar-refractivity contribution is 7.99. The molecule has 0 aliphatic carbocycles. The van der Waals surface area contributed by atoms with E-state index in [1.165, 1.54) is 11.6 Å². The number of rotatable bonds is 5. The highest BCUT2D eigenvalue weighted by Crippen LogP contribution is 2.20.